The van der Waals surface area contributed by atoms with E-state index >= 15 is 0 Å². The van der Waals surface area contributed by atoms with Crippen LogP contribution in [0, 0.1) is 0 Å². The Balaban J connectivity index is 1.53. The summed E-state index contributed by atoms with van der Waals surface area (Å²) in [6.07, 6.45) is 0. The van der Waals surface area contributed by atoms with Crippen molar-refractivity contribution in [1.82, 2.24) is 5.32 Å². The van der Waals surface area contributed by atoms with E-state index in [1.807, 2.05) is 37.3 Å². The number of carbonyl (C=O) groups is 3. The monoisotopic (exact) mass is 370 g/mol. The van der Waals surface area contributed by atoms with E-state index in [-0.39, 0.29) is 29.2 Å². The van der Waals surface area contributed by atoms with E-state index in [4.69, 9.17) is 4.74 Å². The average Bonchev–Trinajstić information content (AvgIpc) is 2.66. The Morgan fingerprint density at radius 1 is 1.19 bits per heavy atom. The zero-order valence-corrected chi connectivity index (χ0v) is 15.0. The van der Waals surface area contributed by atoms with Gasteiger partial charge in [-0.15, -0.1) is 11.8 Å². The molecule has 3 rings (SSSR count). The molecule has 1 aliphatic heterocycles. The number of amides is 2. The van der Waals surface area contributed by atoms with E-state index < -0.39 is 5.97 Å². The Morgan fingerprint density at radius 2 is 1.96 bits per heavy atom. The number of ether oxygens (including phenoxy) is 1. The molecule has 0 spiro atoms. The van der Waals surface area contributed by atoms with Gasteiger partial charge in [-0.3, -0.25) is 9.59 Å². The zero-order valence-electron chi connectivity index (χ0n) is 14.2. The molecular formula is C19H18N2O4S. The number of fused-ring (bicyclic) bond motifs is 1. The minimum atomic E-state index is -0.611. The molecule has 7 heteroatoms. The molecule has 6 nitrogen and oxygen atoms in total. The van der Waals surface area contributed by atoms with Gasteiger partial charge in [-0.1, -0.05) is 30.3 Å². The van der Waals surface area contributed by atoms with Gasteiger partial charge in [0.1, 0.15) is 0 Å². The summed E-state index contributed by atoms with van der Waals surface area (Å²) in [5.74, 6) is -1.09. The number of esters is 1. The third-order valence-corrected chi connectivity index (χ3v) is 4.99. The largest absolute Gasteiger partial charge is 0.452 e. The topological polar surface area (TPSA) is 84.5 Å². The Morgan fingerprint density at radius 3 is 2.73 bits per heavy atom. The molecule has 1 unspecified atom stereocenters. The minimum Gasteiger partial charge on any atom is -0.452 e. The van der Waals surface area contributed by atoms with Gasteiger partial charge in [0, 0.05) is 11.4 Å². The van der Waals surface area contributed by atoms with Gasteiger partial charge < -0.3 is 15.4 Å². The van der Waals surface area contributed by atoms with Crippen LogP contribution in [0.3, 0.4) is 0 Å². The molecule has 0 saturated heterocycles. The molecule has 2 aromatic rings. The molecule has 134 valence electrons. The smallest absolute Gasteiger partial charge is 0.338 e. The van der Waals surface area contributed by atoms with Crippen LogP contribution in [0.4, 0.5) is 5.69 Å². The molecule has 0 bridgehead atoms. The second kappa shape index (κ2) is 8.05. The summed E-state index contributed by atoms with van der Waals surface area (Å²) in [6, 6.07) is 14.4. The third-order valence-electron chi connectivity index (χ3n) is 3.81. The first kappa shape index (κ1) is 18.0. The van der Waals surface area contributed by atoms with Gasteiger partial charge in [0.05, 0.1) is 16.5 Å². The second-order valence-electron chi connectivity index (χ2n) is 5.80. The van der Waals surface area contributed by atoms with E-state index in [0.717, 1.165) is 10.5 Å². The van der Waals surface area contributed by atoms with Gasteiger partial charge in [-0.25, -0.2) is 4.79 Å². The van der Waals surface area contributed by atoms with E-state index in [0.29, 0.717) is 12.2 Å². The fourth-order valence-electron chi connectivity index (χ4n) is 2.40. The SMILES string of the molecule is CC1Sc2ccc(C(=O)OCC(=O)NCc3ccccc3)cc2NC1=O. The zero-order chi connectivity index (χ0) is 18.5. The summed E-state index contributed by atoms with van der Waals surface area (Å²) in [4.78, 5) is 36.6. The first-order valence-electron chi connectivity index (χ1n) is 8.12. The van der Waals surface area contributed by atoms with Crippen molar-refractivity contribution in [2.45, 2.75) is 23.6 Å². The van der Waals surface area contributed by atoms with Crippen molar-refractivity contribution in [2.24, 2.45) is 0 Å². The normalized spacial score (nSPS) is 15.6. The maximum atomic E-state index is 12.1. The molecule has 2 aromatic carbocycles. The van der Waals surface area contributed by atoms with Crippen molar-refractivity contribution in [3.63, 3.8) is 0 Å². The lowest BCUT2D eigenvalue weighted by Gasteiger charge is -2.21. The van der Waals surface area contributed by atoms with Gasteiger partial charge in [0.2, 0.25) is 5.91 Å². The van der Waals surface area contributed by atoms with Crippen LogP contribution in [0.25, 0.3) is 0 Å². The molecule has 0 fully saturated rings. The summed E-state index contributed by atoms with van der Waals surface area (Å²) in [5.41, 5.74) is 1.83. The molecule has 0 aromatic heterocycles. The molecule has 1 heterocycles. The van der Waals surface area contributed by atoms with Gasteiger partial charge in [0.15, 0.2) is 6.61 Å². The van der Waals surface area contributed by atoms with Crippen LogP contribution < -0.4 is 10.6 Å². The van der Waals surface area contributed by atoms with Crippen LogP contribution in [0.2, 0.25) is 0 Å². The fraction of sp³-hybridized carbons (Fsp3) is 0.211. The van der Waals surface area contributed by atoms with E-state index in [9.17, 15) is 14.4 Å². The first-order chi connectivity index (χ1) is 12.5. The molecule has 0 aliphatic carbocycles. The summed E-state index contributed by atoms with van der Waals surface area (Å²) >= 11 is 1.43. The highest BCUT2D eigenvalue weighted by atomic mass is 32.2. The molecule has 2 N–H and O–H groups in total. The first-order valence-corrected chi connectivity index (χ1v) is 9.00. The Labute approximate surface area is 155 Å². The van der Waals surface area contributed by atoms with Crippen LogP contribution in [-0.4, -0.2) is 29.6 Å². The Bertz CT molecular complexity index is 839. The molecule has 26 heavy (non-hydrogen) atoms. The summed E-state index contributed by atoms with van der Waals surface area (Å²) in [5, 5.41) is 5.28. The van der Waals surface area contributed by atoms with Crippen molar-refractivity contribution in [2.75, 3.05) is 11.9 Å². The molecule has 0 saturated carbocycles. The van der Waals surface area contributed by atoms with Gasteiger partial charge in [0.25, 0.3) is 5.91 Å². The highest BCUT2D eigenvalue weighted by Gasteiger charge is 2.24. The lowest BCUT2D eigenvalue weighted by atomic mass is 10.2. The minimum absolute atomic E-state index is 0.103. The average molecular weight is 370 g/mol. The molecular weight excluding hydrogens is 352 g/mol. The van der Waals surface area contributed by atoms with Gasteiger partial charge >= 0.3 is 5.97 Å². The quantitative estimate of drug-likeness (QED) is 0.791. The number of nitrogens with one attached hydrogen (secondary N) is 2. The summed E-state index contributed by atoms with van der Waals surface area (Å²) in [7, 11) is 0. The number of hydrogen-bond acceptors (Lipinski definition) is 5. The Kier molecular flexibility index (Phi) is 5.58. The lowest BCUT2D eigenvalue weighted by Crippen LogP contribution is -2.28. The molecule has 2 amide bonds. The molecule has 1 atom stereocenters. The summed E-state index contributed by atoms with van der Waals surface area (Å²) in [6.45, 7) is 1.83. The number of carbonyl (C=O) groups excluding carboxylic acids is 3. The van der Waals surface area contributed by atoms with Gasteiger partial charge in [-0.2, -0.15) is 0 Å². The van der Waals surface area contributed by atoms with Crippen molar-refractivity contribution in [3.8, 4) is 0 Å². The highest BCUT2D eigenvalue weighted by Crippen LogP contribution is 2.35. The molecule has 1 aliphatic rings. The van der Waals surface area contributed by atoms with Crippen molar-refractivity contribution in [1.29, 1.82) is 0 Å². The van der Waals surface area contributed by atoms with Crippen molar-refractivity contribution < 1.29 is 19.1 Å². The number of benzene rings is 2. The number of anilines is 1. The number of rotatable bonds is 5. The second-order valence-corrected chi connectivity index (χ2v) is 7.18. The van der Waals surface area contributed by atoms with Crippen LogP contribution in [0.5, 0.6) is 0 Å². The van der Waals surface area contributed by atoms with E-state index in [1.54, 1.807) is 18.2 Å². The predicted molar refractivity (Wildman–Crippen MR) is 99.0 cm³/mol. The summed E-state index contributed by atoms with van der Waals surface area (Å²) < 4.78 is 5.05. The highest BCUT2D eigenvalue weighted by molar-refractivity contribution is 8.00. The fourth-order valence-corrected chi connectivity index (χ4v) is 3.33. The molecule has 0 radical (unpaired) electrons. The maximum absolute atomic E-state index is 12.1. The standard InChI is InChI=1S/C19H18N2O4S/c1-12-18(23)21-15-9-14(7-8-16(15)26-12)19(24)25-11-17(22)20-10-13-5-3-2-4-6-13/h2-9,12H,10-11H2,1H3,(H,20,22)(H,21,23). The number of hydrogen-bond donors (Lipinski definition) is 2. The number of thioether (sulfide) groups is 1. The van der Waals surface area contributed by atoms with Gasteiger partial charge in [-0.05, 0) is 30.7 Å². The third kappa shape index (κ3) is 4.43. The maximum Gasteiger partial charge on any atom is 0.338 e. The van der Waals surface area contributed by atoms with Crippen LogP contribution >= 0.6 is 11.8 Å². The van der Waals surface area contributed by atoms with Crippen LogP contribution in [-0.2, 0) is 20.9 Å². The Hall–Kier alpha value is -2.80. The predicted octanol–water partition coefficient (Wildman–Crippen LogP) is 2.59. The van der Waals surface area contributed by atoms with Crippen molar-refractivity contribution >= 4 is 35.2 Å². The van der Waals surface area contributed by atoms with Crippen LogP contribution in [0.15, 0.2) is 53.4 Å². The van der Waals surface area contributed by atoms with Crippen LogP contribution in [0.1, 0.15) is 22.8 Å². The van der Waals surface area contributed by atoms with Crippen molar-refractivity contribution in [3.05, 3.63) is 59.7 Å². The lowest BCUT2D eigenvalue weighted by molar-refractivity contribution is -0.124. The van der Waals surface area contributed by atoms with E-state index in [1.165, 1.54) is 11.8 Å². The van der Waals surface area contributed by atoms with E-state index in [2.05, 4.69) is 10.6 Å².